The standard InChI is InChI=1S/C14H12FN3/c15-11-9-16-8-5-10(11)14(12-3-1-6-17-12)13-4-2-7-18-13/h1-9,14,17-18H. The minimum atomic E-state index is -0.299. The molecule has 3 heterocycles. The average molecular weight is 241 g/mol. The van der Waals surface area contributed by atoms with Gasteiger partial charge in [0.15, 0.2) is 0 Å². The van der Waals surface area contributed by atoms with E-state index in [0.29, 0.717) is 5.56 Å². The van der Waals surface area contributed by atoms with Crippen molar-refractivity contribution < 1.29 is 4.39 Å². The summed E-state index contributed by atoms with van der Waals surface area (Å²) in [5.41, 5.74) is 2.50. The van der Waals surface area contributed by atoms with Crippen molar-refractivity contribution in [2.75, 3.05) is 0 Å². The maximum atomic E-state index is 13.9. The number of aromatic nitrogens is 3. The first-order chi connectivity index (χ1) is 8.86. The van der Waals surface area contributed by atoms with Gasteiger partial charge in [0.25, 0.3) is 0 Å². The number of hydrogen-bond donors (Lipinski definition) is 2. The van der Waals surface area contributed by atoms with Crippen LogP contribution in [0.25, 0.3) is 0 Å². The summed E-state index contributed by atoms with van der Waals surface area (Å²) >= 11 is 0. The normalized spacial score (nSPS) is 11.0. The highest BCUT2D eigenvalue weighted by molar-refractivity contribution is 5.37. The summed E-state index contributed by atoms with van der Waals surface area (Å²) in [5.74, 6) is -0.468. The maximum Gasteiger partial charge on any atom is 0.145 e. The Kier molecular flexibility index (Phi) is 2.68. The van der Waals surface area contributed by atoms with Crippen molar-refractivity contribution in [2.24, 2.45) is 0 Å². The third-order valence-corrected chi connectivity index (χ3v) is 2.98. The Bertz CT molecular complexity index is 580. The third kappa shape index (κ3) is 1.82. The number of hydrogen-bond acceptors (Lipinski definition) is 1. The second-order valence-corrected chi connectivity index (χ2v) is 4.08. The molecule has 3 rings (SSSR count). The van der Waals surface area contributed by atoms with Crippen LogP contribution in [0.5, 0.6) is 0 Å². The van der Waals surface area contributed by atoms with E-state index in [2.05, 4.69) is 15.0 Å². The Morgan fingerprint density at radius 2 is 1.67 bits per heavy atom. The number of pyridine rings is 1. The lowest BCUT2D eigenvalue weighted by Crippen LogP contribution is -2.06. The number of H-pyrrole nitrogens is 2. The van der Waals surface area contributed by atoms with E-state index in [-0.39, 0.29) is 11.7 Å². The molecule has 0 aromatic carbocycles. The summed E-state index contributed by atoms with van der Waals surface area (Å²) in [5, 5.41) is 0. The number of nitrogens with one attached hydrogen (secondary N) is 2. The second kappa shape index (κ2) is 4.49. The fraction of sp³-hybridized carbons (Fsp3) is 0.0714. The molecule has 3 aromatic rings. The lowest BCUT2D eigenvalue weighted by molar-refractivity contribution is 0.597. The SMILES string of the molecule is Fc1cnccc1C(c1ccc[nH]1)c1ccc[nH]1. The van der Waals surface area contributed by atoms with Gasteiger partial charge in [-0.1, -0.05) is 0 Å². The molecule has 0 aliphatic rings. The molecule has 0 amide bonds. The van der Waals surface area contributed by atoms with Gasteiger partial charge in [-0.05, 0) is 30.3 Å². The monoisotopic (exact) mass is 241 g/mol. The molecule has 0 spiro atoms. The summed E-state index contributed by atoms with van der Waals surface area (Å²) in [7, 11) is 0. The van der Waals surface area contributed by atoms with Gasteiger partial charge >= 0.3 is 0 Å². The van der Waals surface area contributed by atoms with Crippen molar-refractivity contribution in [2.45, 2.75) is 5.92 Å². The molecule has 0 saturated heterocycles. The van der Waals surface area contributed by atoms with Crippen LogP contribution in [0.15, 0.2) is 55.1 Å². The number of aromatic amines is 2. The average Bonchev–Trinajstić information content (AvgIpc) is 3.05. The molecular formula is C14H12FN3. The Morgan fingerprint density at radius 1 is 1.00 bits per heavy atom. The van der Waals surface area contributed by atoms with Crippen LogP contribution in [0.4, 0.5) is 4.39 Å². The van der Waals surface area contributed by atoms with E-state index in [9.17, 15) is 4.39 Å². The highest BCUT2D eigenvalue weighted by Gasteiger charge is 2.21. The molecule has 3 nitrogen and oxygen atoms in total. The first-order valence-corrected chi connectivity index (χ1v) is 5.72. The summed E-state index contributed by atoms with van der Waals surface area (Å²) in [6.07, 6.45) is 6.53. The summed E-state index contributed by atoms with van der Waals surface area (Å²) < 4.78 is 13.9. The fourth-order valence-corrected chi connectivity index (χ4v) is 2.17. The van der Waals surface area contributed by atoms with Gasteiger partial charge in [-0.3, -0.25) is 4.98 Å². The first kappa shape index (κ1) is 10.8. The van der Waals surface area contributed by atoms with Crippen LogP contribution >= 0.6 is 0 Å². The van der Waals surface area contributed by atoms with Crippen LogP contribution in [0.3, 0.4) is 0 Å². The van der Waals surface area contributed by atoms with Crippen LogP contribution in [-0.2, 0) is 0 Å². The molecule has 0 radical (unpaired) electrons. The van der Waals surface area contributed by atoms with Crippen molar-refractivity contribution >= 4 is 0 Å². The van der Waals surface area contributed by atoms with Crippen LogP contribution in [0.1, 0.15) is 22.9 Å². The molecule has 18 heavy (non-hydrogen) atoms. The minimum absolute atomic E-state index is 0.169. The Balaban J connectivity index is 2.15. The van der Waals surface area contributed by atoms with Crippen molar-refractivity contribution in [3.05, 3.63) is 77.9 Å². The number of nitrogens with zero attached hydrogens (tertiary/aromatic N) is 1. The predicted octanol–water partition coefficient (Wildman–Crippen LogP) is 3.06. The smallest absolute Gasteiger partial charge is 0.145 e. The van der Waals surface area contributed by atoms with Crippen LogP contribution in [-0.4, -0.2) is 15.0 Å². The summed E-state index contributed by atoms with van der Waals surface area (Å²) in [6, 6.07) is 9.42. The Hall–Kier alpha value is -2.36. The third-order valence-electron chi connectivity index (χ3n) is 2.98. The highest BCUT2D eigenvalue weighted by Crippen LogP contribution is 2.30. The van der Waals surface area contributed by atoms with Crippen molar-refractivity contribution in [3.8, 4) is 0 Å². The number of halogens is 1. The Labute approximate surface area is 104 Å². The van der Waals surface area contributed by atoms with Gasteiger partial charge in [0.2, 0.25) is 0 Å². The van der Waals surface area contributed by atoms with Gasteiger partial charge in [0, 0.05) is 35.5 Å². The lowest BCUT2D eigenvalue weighted by atomic mass is 9.93. The molecule has 0 atom stereocenters. The molecule has 4 heteroatoms. The zero-order valence-electron chi connectivity index (χ0n) is 9.60. The molecule has 2 N–H and O–H groups in total. The van der Waals surface area contributed by atoms with E-state index in [1.165, 1.54) is 6.20 Å². The van der Waals surface area contributed by atoms with Crippen LogP contribution in [0.2, 0.25) is 0 Å². The van der Waals surface area contributed by atoms with E-state index >= 15 is 0 Å². The molecule has 3 aromatic heterocycles. The molecule has 0 fully saturated rings. The van der Waals surface area contributed by atoms with E-state index in [0.717, 1.165) is 11.4 Å². The van der Waals surface area contributed by atoms with E-state index in [4.69, 9.17) is 0 Å². The molecule has 0 aliphatic heterocycles. The van der Waals surface area contributed by atoms with Crippen molar-refractivity contribution in [3.63, 3.8) is 0 Å². The Morgan fingerprint density at radius 3 is 2.17 bits per heavy atom. The quantitative estimate of drug-likeness (QED) is 0.727. The predicted molar refractivity (Wildman–Crippen MR) is 66.7 cm³/mol. The fourth-order valence-electron chi connectivity index (χ4n) is 2.17. The van der Waals surface area contributed by atoms with Crippen molar-refractivity contribution in [1.82, 2.24) is 15.0 Å². The topological polar surface area (TPSA) is 44.5 Å². The first-order valence-electron chi connectivity index (χ1n) is 5.72. The molecule has 0 saturated carbocycles. The second-order valence-electron chi connectivity index (χ2n) is 4.08. The molecule has 90 valence electrons. The van der Waals surface area contributed by atoms with Gasteiger partial charge in [-0.25, -0.2) is 4.39 Å². The number of rotatable bonds is 3. The zero-order chi connectivity index (χ0) is 12.4. The van der Waals surface area contributed by atoms with E-state index in [1.807, 2.05) is 36.7 Å². The maximum absolute atomic E-state index is 13.9. The van der Waals surface area contributed by atoms with E-state index in [1.54, 1.807) is 12.3 Å². The molecule has 0 bridgehead atoms. The highest BCUT2D eigenvalue weighted by atomic mass is 19.1. The lowest BCUT2D eigenvalue weighted by Gasteiger charge is -2.15. The van der Waals surface area contributed by atoms with Gasteiger partial charge in [-0.15, -0.1) is 0 Å². The van der Waals surface area contributed by atoms with Crippen LogP contribution in [0, 0.1) is 5.82 Å². The largest absolute Gasteiger partial charge is 0.364 e. The van der Waals surface area contributed by atoms with E-state index < -0.39 is 0 Å². The van der Waals surface area contributed by atoms with Gasteiger partial charge in [-0.2, -0.15) is 0 Å². The minimum Gasteiger partial charge on any atom is -0.364 e. The van der Waals surface area contributed by atoms with Crippen LogP contribution < -0.4 is 0 Å². The molecule has 0 aliphatic carbocycles. The van der Waals surface area contributed by atoms with Crippen molar-refractivity contribution in [1.29, 1.82) is 0 Å². The van der Waals surface area contributed by atoms with Gasteiger partial charge in [0.05, 0.1) is 12.1 Å². The molecule has 0 unspecified atom stereocenters. The summed E-state index contributed by atoms with van der Waals surface area (Å²) in [6.45, 7) is 0. The zero-order valence-corrected chi connectivity index (χ0v) is 9.60. The summed E-state index contributed by atoms with van der Waals surface area (Å²) in [4.78, 5) is 10.1. The van der Waals surface area contributed by atoms with Gasteiger partial charge < -0.3 is 9.97 Å². The molecular weight excluding hydrogens is 229 g/mol. The van der Waals surface area contributed by atoms with Gasteiger partial charge in [0.1, 0.15) is 5.82 Å².